The van der Waals surface area contributed by atoms with Crippen LogP contribution >= 0.6 is 12.4 Å². The van der Waals surface area contributed by atoms with Gasteiger partial charge in [-0.3, -0.25) is 4.79 Å². The number of nitrogens with two attached hydrogens (primary N) is 1. The summed E-state index contributed by atoms with van der Waals surface area (Å²) in [7, 11) is 1.84. The smallest absolute Gasteiger partial charge is 0.251 e. The van der Waals surface area contributed by atoms with Gasteiger partial charge >= 0.3 is 0 Å². The van der Waals surface area contributed by atoms with Crippen molar-refractivity contribution in [3.63, 3.8) is 0 Å². The Kier molecular flexibility index (Phi) is 6.45. The van der Waals surface area contributed by atoms with Crippen LogP contribution in [0.15, 0.2) is 0 Å². The van der Waals surface area contributed by atoms with Crippen molar-refractivity contribution in [3.05, 3.63) is 0 Å². The third-order valence-corrected chi connectivity index (χ3v) is 2.73. The molecule has 0 aliphatic carbocycles. The zero-order valence-electron chi connectivity index (χ0n) is 11.2. The van der Waals surface area contributed by atoms with Gasteiger partial charge in [0.25, 0.3) is 5.91 Å². The number of nitrogens with zero attached hydrogens (tertiary/aromatic N) is 1. The average Bonchev–Trinajstić information content (AvgIpc) is 2.61. The molecule has 0 aromatic rings. The summed E-state index contributed by atoms with van der Waals surface area (Å²) in [6.45, 7) is 7.62. The minimum absolute atomic E-state index is 0. The van der Waals surface area contributed by atoms with Gasteiger partial charge in [0.15, 0.2) is 0 Å². The van der Waals surface area contributed by atoms with E-state index < -0.39 is 0 Å². The molecule has 0 spiro atoms. The summed E-state index contributed by atoms with van der Waals surface area (Å²) < 4.78 is 5.59. The first-order valence-corrected chi connectivity index (χ1v) is 5.94. The second kappa shape index (κ2) is 6.57. The molecule has 0 saturated carbocycles. The normalized spacial score (nSPS) is 24.3. The van der Waals surface area contributed by atoms with Gasteiger partial charge in [0, 0.05) is 20.1 Å². The highest BCUT2D eigenvalue weighted by Crippen LogP contribution is 2.22. The number of amides is 1. The van der Waals surface area contributed by atoms with Gasteiger partial charge in [-0.25, -0.2) is 0 Å². The molecule has 2 atom stereocenters. The monoisotopic (exact) mass is 264 g/mol. The number of carbonyl (C=O) groups excluding carboxylic acids is 1. The fraction of sp³-hybridized carbons (Fsp3) is 0.917. The fourth-order valence-electron chi connectivity index (χ4n) is 2.10. The molecular weight excluding hydrogens is 240 g/mol. The van der Waals surface area contributed by atoms with Gasteiger partial charge in [-0.05, 0) is 18.3 Å². The predicted octanol–water partition coefficient (Wildman–Crippen LogP) is 1.42. The lowest BCUT2D eigenvalue weighted by atomic mass is 9.96. The van der Waals surface area contributed by atoms with Crippen LogP contribution in [0.3, 0.4) is 0 Å². The molecule has 0 aromatic carbocycles. The molecule has 2 N–H and O–H groups in total. The van der Waals surface area contributed by atoms with E-state index in [0.717, 1.165) is 19.4 Å². The van der Waals surface area contributed by atoms with Crippen molar-refractivity contribution < 1.29 is 9.53 Å². The Hall–Kier alpha value is -0.320. The highest BCUT2D eigenvalue weighted by Gasteiger charge is 2.32. The predicted molar refractivity (Wildman–Crippen MR) is 71.3 cm³/mol. The molecule has 1 heterocycles. The molecule has 5 heteroatoms. The summed E-state index contributed by atoms with van der Waals surface area (Å²) in [5.41, 5.74) is 5.65. The molecule has 102 valence electrons. The van der Waals surface area contributed by atoms with Gasteiger partial charge in [0.2, 0.25) is 0 Å². The second-order valence-corrected chi connectivity index (χ2v) is 5.81. The zero-order chi connectivity index (χ0) is 12.3. The summed E-state index contributed by atoms with van der Waals surface area (Å²) in [6.07, 6.45) is 1.49. The van der Waals surface area contributed by atoms with E-state index in [1.165, 1.54) is 0 Å². The maximum atomic E-state index is 12.0. The van der Waals surface area contributed by atoms with Crippen molar-refractivity contribution in [2.45, 2.75) is 45.8 Å². The lowest BCUT2D eigenvalue weighted by Gasteiger charge is -2.28. The van der Waals surface area contributed by atoms with Gasteiger partial charge < -0.3 is 15.4 Å². The van der Waals surface area contributed by atoms with Crippen LogP contribution in [0, 0.1) is 5.41 Å². The van der Waals surface area contributed by atoms with Crippen LogP contribution in [0.4, 0.5) is 0 Å². The summed E-state index contributed by atoms with van der Waals surface area (Å²) in [6, 6.07) is 0. The number of hydrogen-bond donors (Lipinski definition) is 1. The van der Waals surface area contributed by atoms with Crippen LogP contribution in [0.25, 0.3) is 0 Å². The molecule has 1 rings (SSSR count). The van der Waals surface area contributed by atoms with Gasteiger partial charge in [-0.2, -0.15) is 0 Å². The van der Waals surface area contributed by atoms with E-state index in [2.05, 4.69) is 20.8 Å². The molecule has 1 fully saturated rings. The van der Waals surface area contributed by atoms with Crippen LogP contribution in [-0.2, 0) is 9.53 Å². The fourth-order valence-corrected chi connectivity index (χ4v) is 2.10. The Balaban J connectivity index is 0.00000256. The Bertz CT molecular complexity index is 253. The summed E-state index contributed by atoms with van der Waals surface area (Å²) in [5.74, 6) is 0.0888. The van der Waals surface area contributed by atoms with Crippen molar-refractivity contribution in [1.82, 2.24) is 4.90 Å². The number of rotatable bonds is 3. The standard InChI is InChI=1S/C12H24N2O2.ClH/c1-12(2,3)8-14(4)11(15)10-6-5-9(7-13)16-10;/h9-10H,5-8,13H2,1-4H3;1H/t9-,10+;/m1./s1. The first-order valence-electron chi connectivity index (χ1n) is 5.94. The van der Waals surface area contributed by atoms with Crippen molar-refractivity contribution in [3.8, 4) is 0 Å². The molecule has 1 saturated heterocycles. The van der Waals surface area contributed by atoms with Crippen LogP contribution in [-0.4, -0.2) is 43.2 Å². The topological polar surface area (TPSA) is 55.6 Å². The first-order chi connectivity index (χ1) is 7.33. The molecule has 0 unspecified atom stereocenters. The van der Waals surface area contributed by atoms with Gasteiger partial charge in [0.05, 0.1) is 6.10 Å². The number of halogens is 1. The highest BCUT2D eigenvalue weighted by molar-refractivity contribution is 5.85. The third-order valence-electron chi connectivity index (χ3n) is 2.73. The summed E-state index contributed by atoms with van der Waals surface area (Å²) in [5, 5.41) is 0. The van der Waals surface area contributed by atoms with Crippen molar-refractivity contribution in [2.24, 2.45) is 11.1 Å². The lowest BCUT2D eigenvalue weighted by molar-refractivity contribution is -0.142. The molecule has 1 aliphatic heterocycles. The van der Waals surface area contributed by atoms with E-state index in [-0.39, 0.29) is 35.9 Å². The maximum Gasteiger partial charge on any atom is 0.251 e. The summed E-state index contributed by atoms with van der Waals surface area (Å²) in [4.78, 5) is 13.8. The van der Waals surface area contributed by atoms with Crippen molar-refractivity contribution in [2.75, 3.05) is 20.1 Å². The minimum atomic E-state index is -0.277. The van der Waals surface area contributed by atoms with E-state index in [1.807, 2.05) is 7.05 Å². The van der Waals surface area contributed by atoms with E-state index in [1.54, 1.807) is 4.90 Å². The number of carbonyl (C=O) groups is 1. The quantitative estimate of drug-likeness (QED) is 0.839. The van der Waals surface area contributed by atoms with Crippen LogP contribution in [0.1, 0.15) is 33.6 Å². The minimum Gasteiger partial charge on any atom is -0.364 e. The molecule has 0 aromatic heterocycles. The van der Waals surface area contributed by atoms with Crippen molar-refractivity contribution in [1.29, 1.82) is 0 Å². The van der Waals surface area contributed by atoms with Gasteiger partial charge in [-0.15, -0.1) is 12.4 Å². The van der Waals surface area contributed by atoms with E-state index in [4.69, 9.17) is 10.5 Å². The molecule has 0 radical (unpaired) electrons. The zero-order valence-corrected chi connectivity index (χ0v) is 12.0. The molecule has 4 nitrogen and oxygen atoms in total. The molecular formula is C12H25ClN2O2. The van der Waals surface area contributed by atoms with Crippen LogP contribution in [0.2, 0.25) is 0 Å². The molecule has 0 bridgehead atoms. The maximum absolute atomic E-state index is 12.0. The summed E-state index contributed by atoms with van der Waals surface area (Å²) >= 11 is 0. The number of ether oxygens (including phenoxy) is 1. The Morgan fingerprint density at radius 3 is 2.41 bits per heavy atom. The Morgan fingerprint density at radius 1 is 1.41 bits per heavy atom. The third kappa shape index (κ3) is 5.23. The Morgan fingerprint density at radius 2 is 2.00 bits per heavy atom. The first kappa shape index (κ1) is 16.7. The van der Waals surface area contributed by atoms with E-state index in [0.29, 0.717) is 6.54 Å². The van der Waals surface area contributed by atoms with Crippen LogP contribution in [0.5, 0.6) is 0 Å². The lowest BCUT2D eigenvalue weighted by Crippen LogP contribution is -2.41. The number of likely N-dealkylation sites (N-methyl/N-ethyl adjacent to an activating group) is 1. The van der Waals surface area contributed by atoms with Crippen LogP contribution < -0.4 is 5.73 Å². The second-order valence-electron chi connectivity index (χ2n) is 5.81. The van der Waals surface area contributed by atoms with Crippen molar-refractivity contribution >= 4 is 18.3 Å². The van der Waals surface area contributed by atoms with E-state index >= 15 is 0 Å². The van der Waals surface area contributed by atoms with E-state index in [9.17, 15) is 4.79 Å². The molecule has 17 heavy (non-hydrogen) atoms. The average molecular weight is 265 g/mol. The Labute approximate surface area is 110 Å². The highest BCUT2D eigenvalue weighted by atomic mass is 35.5. The van der Waals surface area contributed by atoms with Gasteiger partial charge in [0.1, 0.15) is 6.10 Å². The molecule has 1 amide bonds. The number of hydrogen-bond acceptors (Lipinski definition) is 3. The largest absolute Gasteiger partial charge is 0.364 e. The molecule has 1 aliphatic rings. The van der Waals surface area contributed by atoms with Gasteiger partial charge in [-0.1, -0.05) is 20.8 Å². The SMILES string of the molecule is CN(CC(C)(C)C)C(=O)[C@@H]1CC[C@H](CN)O1.Cl.